The fourth-order valence-corrected chi connectivity index (χ4v) is 3.73. The van der Waals surface area contributed by atoms with Gasteiger partial charge in [0.15, 0.2) is 17.3 Å². The third-order valence-electron chi connectivity index (χ3n) is 5.43. The van der Waals surface area contributed by atoms with E-state index in [0.29, 0.717) is 25.1 Å². The average Bonchev–Trinajstić information content (AvgIpc) is 3.24. The number of amides is 2. The van der Waals surface area contributed by atoms with Gasteiger partial charge >= 0.3 is 18.0 Å². The first-order chi connectivity index (χ1) is 17.2. The van der Waals surface area contributed by atoms with Crippen LogP contribution in [0.3, 0.4) is 0 Å². The number of rotatable bonds is 9. The molecule has 13 heteroatoms. The summed E-state index contributed by atoms with van der Waals surface area (Å²) in [5, 5.41) is 7.78. The lowest BCUT2D eigenvalue weighted by Gasteiger charge is -2.29. The molecule has 0 radical (unpaired) electrons. The molecule has 1 aliphatic heterocycles. The summed E-state index contributed by atoms with van der Waals surface area (Å²) in [6.07, 6.45) is -1.19. The maximum atomic E-state index is 14.3. The standard InChI is InChI=1S/C24H32F3N3O6S/c1-13(12-37)20(32)35-21(33)24(6-5-7-28-24)30-19(31)10-15(29-22(34)36-23(2,3)4)8-14-9-17(26)18(27)11-16(14)25/h9,11,13,15,28,37H,5-8,10,12H2,1-4H3,(H,29,34)(H,30,31)/t13-,15-,24-/m1/s1. The molecule has 0 unspecified atom stereocenters. The Balaban J connectivity index is 2.21. The van der Waals surface area contributed by atoms with E-state index in [2.05, 4.69) is 28.6 Å². The molecular formula is C24H32F3N3O6S. The van der Waals surface area contributed by atoms with Crippen LogP contribution < -0.4 is 16.0 Å². The van der Waals surface area contributed by atoms with Crippen LogP contribution >= 0.6 is 12.6 Å². The van der Waals surface area contributed by atoms with Crippen LogP contribution in [0.4, 0.5) is 18.0 Å². The Morgan fingerprint density at radius 3 is 2.35 bits per heavy atom. The first-order valence-electron chi connectivity index (χ1n) is 11.7. The highest BCUT2D eigenvalue weighted by Crippen LogP contribution is 2.21. The second-order valence-electron chi connectivity index (χ2n) is 9.89. The Morgan fingerprint density at radius 1 is 1.14 bits per heavy atom. The van der Waals surface area contributed by atoms with Crippen LogP contribution in [0.25, 0.3) is 0 Å². The fourth-order valence-electron chi connectivity index (χ4n) is 3.58. The summed E-state index contributed by atoms with van der Waals surface area (Å²) >= 11 is 4.00. The van der Waals surface area contributed by atoms with Gasteiger partial charge in [-0.15, -0.1) is 0 Å². The Kier molecular flexibility index (Phi) is 10.4. The molecule has 0 bridgehead atoms. The van der Waals surface area contributed by atoms with Gasteiger partial charge in [-0.25, -0.2) is 22.8 Å². The number of nitrogens with one attached hydrogen (secondary N) is 3. The highest BCUT2D eigenvalue weighted by molar-refractivity contribution is 7.80. The van der Waals surface area contributed by atoms with Gasteiger partial charge in [-0.2, -0.15) is 12.6 Å². The summed E-state index contributed by atoms with van der Waals surface area (Å²) in [5.74, 6) is -6.82. The number of carbonyl (C=O) groups is 4. The molecule has 0 aliphatic carbocycles. The van der Waals surface area contributed by atoms with Crippen molar-refractivity contribution in [2.45, 2.75) is 70.7 Å². The third kappa shape index (κ3) is 8.92. The number of hydrogen-bond donors (Lipinski definition) is 4. The topological polar surface area (TPSA) is 123 Å². The highest BCUT2D eigenvalue weighted by Gasteiger charge is 2.45. The molecule has 9 nitrogen and oxygen atoms in total. The van der Waals surface area contributed by atoms with Crippen LogP contribution in [0.2, 0.25) is 0 Å². The van der Waals surface area contributed by atoms with Crippen molar-refractivity contribution in [3.05, 3.63) is 35.1 Å². The summed E-state index contributed by atoms with van der Waals surface area (Å²) < 4.78 is 51.5. The van der Waals surface area contributed by atoms with E-state index < -0.39 is 77.5 Å². The van der Waals surface area contributed by atoms with Crippen molar-refractivity contribution in [1.29, 1.82) is 0 Å². The van der Waals surface area contributed by atoms with E-state index in [1.807, 2.05) is 0 Å². The normalized spacial score (nSPS) is 19.0. The van der Waals surface area contributed by atoms with Crippen molar-refractivity contribution in [3.8, 4) is 0 Å². The minimum atomic E-state index is -1.69. The summed E-state index contributed by atoms with van der Waals surface area (Å²) in [6.45, 7) is 6.71. The van der Waals surface area contributed by atoms with Crippen LogP contribution in [-0.4, -0.2) is 53.5 Å². The van der Waals surface area contributed by atoms with Crippen LogP contribution in [-0.2, 0) is 30.3 Å². The van der Waals surface area contributed by atoms with Crippen molar-refractivity contribution < 1.29 is 41.8 Å². The summed E-state index contributed by atoms with van der Waals surface area (Å²) in [7, 11) is 0. The largest absolute Gasteiger partial charge is 0.444 e. The lowest BCUT2D eigenvalue weighted by Crippen LogP contribution is -2.62. The first kappa shape index (κ1) is 30.4. The molecule has 2 amide bonds. The van der Waals surface area contributed by atoms with Gasteiger partial charge in [0.2, 0.25) is 5.91 Å². The second kappa shape index (κ2) is 12.6. The highest BCUT2D eigenvalue weighted by atomic mass is 32.1. The van der Waals surface area contributed by atoms with Gasteiger partial charge in [-0.3, -0.25) is 14.9 Å². The quantitative estimate of drug-likeness (QED) is 0.162. The summed E-state index contributed by atoms with van der Waals surface area (Å²) in [4.78, 5) is 50.2. The average molecular weight is 548 g/mol. The van der Waals surface area contributed by atoms with Crippen molar-refractivity contribution in [2.24, 2.45) is 5.92 Å². The zero-order valence-corrected chi connectivity index (χ0v) is 22.0. The Bertz CT molecular complexity index is 1030. The number of carbonyl (C=O) groups excluding carboxylic acids is 4. The second-order valence-corrected chi connectivity index (χ2v) is 10.3. The number of ether oxygens (including phenoxy) is 2. The van der Waals surface area contributed by atoms with E-state index in [9.17, 15) is 32.3 Å². The molecule has 3 atom stereocenters. The molecular weight excluding hydrogens is 515 g/mol. The zero-order chi connectivity index (χ0) is 28.0. The van der Waals surface area contributed by atoms with Crippen molar-refractivity contribution in [1.82, 2.24) is 16.0 Å². The number of hydrogen-bond acceptors (Lipinski definition) is 8. The molecule has 1 aromatic carbocycles. The monoisotopic (exact) mass is 547 g/mol. The van der Waals surface area contributed by atoms with Crippen molar-refractivity contribution in [2.75, 3.05) is 12.3 Å². The number of thiol groups is 1. The number of halogens is 3. The first-order valence-corrected chi connectivity index (χ1v) is 12.3. The molecule has 206 valence electrons. The Hall–Kier alpha value is -2.80. The maximum absolute atomic E-state index is 14.3. The summed E-state index contributed by atoms with van der Waals surface area (Å²) in [6, 6.07) is -0.127. The molecule has 1 heterocycles. The Morgan fingerprint density at radius 2 is 1.78 bits per heavy atom. The van der Waals surface area contributed by atoms with Gasteiger partial charge in [0, 0.05) is 24.3 Å². The molecule has 1 saturated heterocycles. The van der Waals surface area contributed by atoms with E-state index in [0.717, 1.165) is 0 Å². The van der Waals surface area contributed by atoms with E-state index in [1.54, 1.807) is 20.8 Å². The van der Waals surface area contributed by atoms with E-state index >= 15 is 0 Å². The molecule has 1 aliphatic rings. The SMILES string of the molecule is C[C@H](CS)C(=O)OC(=O)[C@]1(NC(=O)C[C@@H](Cc2cc(F)c(F)cc2F)NC(=O)OC(C)(C)C)CCCN1. The lowest BCUT2D eigenvalue weighted by molar-refractivity contribution is -0.168. The molecule has 2 rings (SSSR count). The van der Waals surface area contributed by atoms with Gasteiger partial charge in [-0.1, -0.05) is 6.92 Å². The number of esters is 2. The predicted molar refractivity (Wildman–Crippen MR) is 130 cm³/mol. The predicted octanol–water partition coefficient (Wildman–Crippen LogP) is 2.76. The van der Waals surface area contributed by atoms with Crippen molar-refractivity contribution >= 4 is 36.6 Å². The van der Waals surface area contributed by atoms with E-state index in [-0.39, 0.29) is 17.7 Å². The van der Waals surface area contributed by atoms with Crippen LogP contribution in [0, 0.1) is 23.4 Å². The molecule has 1 aromatic rings. The van der Waals surface area contributed by atoms with Crippen molar-refractivity contribution in [3.63, 3.8) is 0 Å². The van der Waals surface area contributed by atoms with Crippen LogP contribution in [0.1, 0.15) is 52.5 Å². The lowest BCUT2D eigenvalue weighted by atomic mass is 10.0. The van der Waals surface area contributed by atoms with Gasteiger partial charge in [0.1, 0.15) is 11.4 Å². The molecule has 3 N–H and O–H groups in total. The van der Waals surface area contributed by atoms with Crippen LogP contribution in [0.15, 0.2) is 12.1 Å². The molecule has 1 fully saturated rings. The molecule has 0 saturated carbocycles. The van der Waals surface area contributed by atoms with Crippen LogP contribution in [0.5, 0.6) is 0 Å². The minimum absolute atomic E-state index is 0.127. The third-order valence-corrected chi connectivity index (χ3v) is 5.98. The van der Waals surface area contributed by atoms with Gasteiger partial charge < -0.3 is 20.1 Å². The smallest absolute Gasteiger partial charge is 0.407 e. The van der Waals surface area contributed by atoms with E-state index in [1.165, 1.54) is 6.92 Å². The maximum Gasteiger partial charge on any atom is 0.407 e. The fraction of sp³-hybridized carbons (Fsp3) is 0.583. The van der Waals surface area contributed by atoms with Gasteiger partial charge in [0.25, 0.3) is 0 Å². The van der Waals surface area contributed by atoms with Gasteiger partial charge in [-0.05, 0) is 58.2 Å². The number of benzene rings is 1. The Labute approximate surface area is 218 Å². The molecule has 0 spiro atoms. The van der Waals surface area contributed by atoms with E-state index in [4.69, 9.17) is 9.47 Å². The van der Waals surface area contributed by atoms with Gasteiger partial charge in [0.05, 0.1) is 5.92 Å². The minimum Gasteiger partial charge on any atom is -0.444 e. The molecule has 0 aromatic heterocycles. The summed E-state index contributed by atoms with van der Waals surface area (Å²) in [5.41, 5.74) is -2.86. The molecule has 37 heavy (non-hydrogen) atoms. The zero-order valence-electron chi connectivity index (χ0n) is 21.1. The number of alkyl carbamates (subject to hydrolysis) is 1.